The molecule has 2 aliphatic rings. The Hall–Kier alpha value is -2.76. The molecular formula is C23H29N3O7S. The number of nitrogens with zero attached hydrogens (tertiary/aromatic N) is 3. The first-order chi connectivity index (χ1) is 16.2. The topological polar surface area (TPSA) is 109 Å². The van der Waals surface area contributed by atoms with Gasteiger partial charge in [-0.1, -0.05) is 12.1 Å². The number of hydrogen-bond acceptors (Lipinski definition) is 9. The van der Waals surface area contributed by atoms with Gasteiger partial charge in [-0.3, -0.25) is 8.37 Å². The molecule has 2 aliphatic heterocycles. The molecule has 3 heterocycles. The first kappa shape index (κ1) is 24.4. The van der Waals surface area contributed by atoms with E-state index in [-0.39, 0.29) is 18.1 Å². The summed E-state index contributed by atoms with van der Waals surface area (Å²) in [6.45, 7) is 7.38. The third-order valence-electron chi connectivity index (χ3n) is 5.30. The van der Waals surface area contributed by atoms with Gasteiger partial charge in [0.1, 0.15) is 23.8 Å². The quantitative estimate of drug-likeness (QED) is 0.617. The average Bonchev–Trinajstić information content (AvgIpc) is 2.80. The molecule has 1 amide bonds. The van der Waals surface area contributed by atoms with Gasteiger partial charge in [-0.25, -0.2) is 14.8 Å². The second-order valence-corrected chi connectivity index (χ2v) is 10.00. The summed E-state index contributed by atoms with van der Waals surface area (Å²) < 4.78 is 38.5. The van der Waals surface area contributed by atoms with E-state index < -0.39 is 17.0 Å². The Morgan fingerprint density at radius 3 is 2.35 bits per heavy atom. The fourth-order valence-corrected chi connectivity index (χ4v) is 4.19. The van der Waals surface area contributed by atoms with Crippen LogP contribution in [0.1, 0.15) is 45.1 Å². The molecule has 0 unspecified atom stereocenters. The number of aromatic nitrogens is 2. The van der Waals surface area contributed by atoms with Gasteiger partial charge < -0.3 is 19.1 Å². The van der Waals surface area contributed by atoms with Crippen molar-refractivity contribution in [3.8, 4) is 17.5 Å². The number of piperidine rings is 1. The number of benzene rings is 1. The minimum absolute atomic E-state index is 0.0209. The molecule has 34 heavy (non-hydrogen) atoms. The van der Waals surface area contributed by atoms with E-state index in [1.165, 1.54) is 6.33 Å². The van der Waals surface area contributed by atoms with Gasteiger partial charge in [-0.05, 0) is 38.5 Å². The van der Waals surface area contributed by atoms with Crippen LogP contribution in [0, 0.1) is 0 Å². The highest BCUT2D eigenvalue weighted by atomic mass is 32.2. The molecule has 0 N–H and O–H groups in total. The van der Waals surface area contributed by atoms with Crippen molar-refractivity contribution in [3.63, 3.8) is 0 Å². The van der Waals surface area contributed by atoms with Crippen molar-refractivity contribution in [2.24, 2.45) is 0 Å². The van der Waals surface area contributed by atoms with Gasteiger partial charge in [0.15, 0.2) is 0 Å². The predicted octanol–water partition coefficient (Wildman–Crippen LogP) is 3.76. The third-order valence-corrected chi connectivity index (χ3v) is 5.96. The Bertz CT molecular complexity index is 994. The molecule has 2 aromatic rings. The Labute approximate surface area is 201 Å². The Morgan fingerprint density at radius 1 is 1.06 bits per heavy atom. The molecule has 0 atom stereocenters. The lowest BCUT2D eigenvalue weighted by Gasteiger charge is -2.33. The van der Waals surface area contributed by atoms with Gasteiger partial charge in [0.2, 0.25) is 11.8 Å². The molecule has 2 fully saturated rings. The molecule has 11 heteroatoms. The lowest BCUT2D eigenvalue weighted by Crippen LogP contribution is -2.44. The van der Waals surface area contributed by atoms with Crippen LogP contribution in [0.5, 0.6) is 17.5 Å². The van der Waals surface area contributed by atoms with Crippen molar-refractivity contribution >= 4 is 17.5 Å². The van der Waals surface area contributed by atoms with E-state index >= 15 is 0 Å². The Balaban J connectivity index is 1.28. The molecule has 10 nitrogen and oxygen atoms in total. The second kappa shape index (κ2) is 10.7. The number of amides is 1. The fourth-order valence-electron chi connectivity index (χ4n) is 3.58. The maximum atomic E-state index is 12.2. The predicted molar refractivity (Wildman–Crippen MR) is 123 cm³/mol. The van der Waals surface area contributed by atoms with Crippen molar-refractivity contribution in [1.82, 2.24) is 14.9 Å². The fraction of sp³-hybridized carbons (Fsp3) is 0.522. The molecule has 1 aromatic heterocycles. The van der Waals surface area contributed by atoms with E-state index in [0.29, 0.717) is 56.7 Å². The van der Waals surface area contributed by atoms with E-state index in [0.717, 1.165) is 5.56 Å². The first-order valence-electron chi connectivity index (χ1n) is 11.2. The normalized spacial score (nSPS) is 21.7. The van der Waals surface area contributed by atoms with E-state index in [4.69, 9.17) is 22.6 Å². The van der Waals surface area contributed by atoms with Gasteiger partial charge in [0.25, 0.3) is 0 Å². The molecule has 0 aliphatic carbocycles. The van der Waals surface area contributed by atoms with Gasteiger partial charge in [-0.2, -0.15) is 4.21 Å². The third kappa shape index (κ3) is 6.87. The van der Waals surface area contributed by atoms with E-state index in [1.807, 2.05) is 45.0 Å². The number of carbonyl (C=O) groups is 1. The summed E-state index contributed by atoms with van der Waals surface area (Å²) in [5.74, 6) is 1.42. The van der Waals surface area contributed by atoms with Crippen LogP contribution in [-0.2, 0) is 24.5 Å². The first-order valence-corrected chi connectivity index (χ1v) is 12.2. The lowest BCUT2D eigenvalue weighted by molar-refractivity contribution is 0.0123. The Kier molecular flexibility index (Phi) is 7.64. The van der Waals surface area contributed by atoms with E-state index in [9.17, 15) is 9.00 Å². The SMILES string of the molecule is CC(C)(C)OC(=O)N1CCC(Oc2cc(Oc3ccc(C4COS(=O)OC4)cc3)ncn2)CC1. The number of likely N-dealkylation sites (tertiary alicyclic amines) is 1. The van der Waals surface area contributed by atoms with Crippen molar-refractivity contribution < 1.29 is 31.6 Å². The van der Waals surface area contributed by atoms with Crippen LogP contribution >= 0.6 is 0 Å². The van der Waals surface area contributed by atoms with E-state index in [1.54, 1.807) is 11.0 Å². The average molecular weight is 492 g/mol. The molecule has 0 bridgehead atoms. The minimum atomic E-state index is -1.65. The summed E-state index contributed by atoms with van der Waals surface area (Å²) in [7, 11) is 0. The van der Waals surface area contributed by atoms with Gasteiger partial charge >= 0.3 is 17.5 Å². The molecule has 2 saturated heterocycles. The van der Waals surface area contributed by atoms with E-state index in [2.05, 4.69) is 9.97 Å². The van der Waals surface area contributed by atoms with Crippen molar-refractivity contribution in [2.45, 2.75) is 51.2 Å². The molecule has 0 spiro atoms. The number of ether oxygens (including phenoxy) is 3. The van der Waals surface area contributed by atoms with Crippen LogP contribution in [0.3, 0.4) is 0 Å². The molecular weight excluding hydrogens is 462 g/mol. The maximum Gasteiger partial charge on any atom is 0.410 e. The molecule has 0 radical (unpaired) electrons. The number of rotatable bonds is 5. The molecule has 4 rings (SSSR count). The highest BCUT2D eigenvalue weighted by molar-refractivity contribution is 7.75. The summed E-state index contributed by atoms with van der Waals surface area (Å²) in [6.07, 6.45) is 2.40. The van der Waals surface area contributed by atoms with Crippen LogP contribution in [0.15, 0.2) is 36.7 Å². The molecule has 0 saturated carbocycles. The van der Waals surface area contributed by atoms with Crippen LogP contribution in [0.25, 0.3) is 0 Å². The van der Waals surface area contributed by atoms with Crippen molar-refractivity contribution in [3.05, 3.63) is 42.2 Å². The maximum absolute atomic E-state index is 12.2. The highest BCUT2D eigenvalue weighted by Gasteiger charge is 2.28. The zero-order valence-corrected chi connectivity index (χ0v) is 20.3. The number of hydrogen-bond donors (Lipinski definition) is 0. The molecule has 184 valence electrons. The summed E-state index contributed by atoms with van der Waals surface area (Å²) in [5.41, 5.74) is 0.496. The zero-order valence-electron chi connectivity index (χ0n) is 19.5. The largest absolute Gasteiger partial charge is 0.474 e. The minimum Gasteiger partial charge on any atom is -0.474 e. The van der Waals surface area contributed by atoms with Crippen LogP contribution in [0.4, 0.5) is 4.79 Å². The lowest BCUT2D eigenvalue weighted by atomic mass is 10.0. The van der Waals surface area contributed by atoms with Crippen molar-refractivity contribution in [1.29, 1.82) is 0 Å². The highest BCUT2D eigenvalue weighted by Crippen LogP contribution is 2.27. The van der Waals surface area contributed by atoms with Crippen LogP contribution in [0.2, 0.25) is 0 Å². The Morgan fingerprint density at radius 2 is 1.71 bits per heavy atom. The number of carbonyl (C=O) groups excluding carboxylic acids is 1. The monoisotopic (exact) mass is 491 g/mol. The second-order valence-electron chi connectivity index (χ2n) is 9.12. The summed E-state index contributed by atoms with van der Waals surface area (Å²) in [4.78, 5) is 22.3. The van der Waals surface area contributed by atoms with Crippen LogP contribution < -0.4 is 9.47 Å². The van der Waals surface area contributed by atoms with Crippen molar-refractivity contribution in [2.75, 3.05) is 26.3 Å². The van der Waals surface area contributed by atoms with Gasteiger partial charge in [-0.15, -0.1) is 0 Å². The van der Waals surface area contributed by atoms with Gasteiger partial charge in [0, 0.05) is 31.8 Å². The standard InChI is InChI=1S/C23H29N3O7S/c1-23(2,3)33-22(27)26-10-8-19(9-11-26)32-21-12-20(24-15-25-21)31-18-6-4-16(5-7-18)17-13-29-34(28)30-14-17/h4-7,12,15,17,19H,8-11,13-14H2,1-3H3. The zero-order chi connectivity index (χ0) is 24.1. The van der Waals surface area contributed by atoms with Crippen LogP contribution in [-0.4, -0.2) is 63.2 Å². The molecule has 1 aromatic carbocycles. The summed E-state index contributed by atoms with van der Waals surface area (Å²) in [6, 6.07) is 9.13. The summed E-state index contributed by atoms with van der Waals surface area (Å²) in [5, 5.41) is 0. The summed E-state index contributed by atoms with van der Waals surface area (Å²) >= 11 is -1.65. The smallest absolute Gasteiger partial charge is 0.410 e. The van der Waals surface area contributed by atoms with Gasteiger partial charge in [0.05, 0.1) is 19.3 Å².